The Labute approximate surface area is 250 Å². The SMILES string of the molecule is COc1cc2c(c(OCc3ccc(F)cc3)c1OC)C(=O)[C@]1(OC)C=C[C@H]2N(C(=O)OCC(C)C)N1C(=O)OCC(C)C. The molecule has 1 aliphatic carbocycles. The maximum Gasteiger partial charge on any atom is 0.432 e. The molecule has 0 unspecified atom stereocenters. The van der Waals surface area contributed by atoms with E-state index in [0.717, 1.165) is 10.0 Å². The van der Waals surface area contributed by atoms with Crippen LogP contribution in [0.3, 0.4) is 0 Å². The van der Waals surface area contributed by atoms with Crippen LogP contribution in [0.4, 0.5) is 14.0 Å². The highest BCUT2D eigenvalue weighted by Gasteiger charge is 2.60. The van der Waals surface area contributed by atoms with E-state index >= 15 is 0 Å². The number of halogens is 1. The standard InChI is InChI=1S/C31H37FN2O9/c1-18(2)15-42-29(36)33-23-12-13-31(40-7,34(33)30(37)43-16-19(3)4)28(35)25-22(23)14-24(38-5)26(39-6)27(25)41-17-20-8-10-21(32)11-9-20/h8-14,18-19,23H,15-17H2,1-7H3/t23-,31-/m1/s1. The molecule has 0 fully saturated rings. The van der Waals surface area contributed by atoms with Crippen molar-refractivity contribution in [3.8, 4) is 17.2 Å². The third-order valence-electron chi connectivity index (χ3n) is 6.87. The van der Waals surface area contributed by atoms with Gasteiger partial charge >= 0.3 is 12.2 Å². The first-order valence-corrected chi connectivity index (χ1v) is 13.9. The first kappa shape index (κ1) is 31.6. The average Bonchev–Trinajstić information content (AvgIpc) is 3.16. The normalized spacial score (nSPS) is 18.9. The van der Waals surface area contributed by atoms with E-state index < -0.39 is 35.6 Å². The fraction of sp³-hybridized carbons (Fsp3) is 0.452. The van der Waals surface area contributed by atoms with Gasteiger partial charge in [0.05, 0.1) is 33.0 Å². The maximum absolute atomic E-state index is 14.6. The number of hydrazine groups is 1. The minimum absolute atomic E-state index is 0.00238. The summed E-state index contributed by atoms with van der Waals surface area (Å²) in [5.41, 5.74) is -1.27. The number of ether oxygens (including phenoxy) is 6. The quantitative estimate of drug-likeness (QED) is 0.318. The van der Waals surface area contributed by atoms with Crippen LogP contribution in [-0.2, 0) is 20.8 Å². The van der Waals surface area contributed by atoms with Crippen LogP contribution in [0.5, 0.6) is 17.2 Å². The molecule has 5 rings (SSSR count). The van der Waals surface area contributed by atoms with Crippen molar-refractivity contribution in [3.63, 3.8) is 0 Å². The van der Waals surface area contributed by atoms with E-state index in [9.17, 15) is 18.8 Å². The van der Waals surface area contributed by atoms with Gasteiger partial charge in [-0.2, -0.15) is 10.0 Å². The summed E-state index contributed by atoms with van der Waals surface area (Å²) in [6, 6.07) is 6.18. The number of hydrogen-bond donors (Lipinski definition) is 0. The minimum Gasteiger partial charge on any atom is -0.493 e. The smallest absolute Gasteiger partial charge is 0.432 e. The van der Waals surface area contributed by atoms with Crippen LogP contribution in [-0.4, -0.2) is 68.3 Å². The van der Waals surface area contributed by atoms with E-state index in [-0.39, 0.29) is 60.0 Å². The molecule has 2 aliphatic heterocycles. The van der Waals surface area contributed by atoms with Crippen molar-refractivity contribution in [2.24, 2.45) is 11.8 Å². The number of ketones is 1. The molecule has 0 N–H and O–H groups in total. The Morgan fingerprint density at radius 1 is 0.930 bits per heavy atom. The molecule has 2 aromatic carbocycles. The summed E-state index contributed by atoms with van der Waals surface area (Å²) >= 11 is 0. The summed E-state index contributed by atoms with van der Waals surface area (Å²) < 4.78 is 47.8. The van der Waals surface area contributed by atoms with Gasteiger partial charge in [0.1, 0.15) is 18.5 Å². The summed E-state index contributed by atoms with van der Waals surface area (Å²) in [4.78, 5) is 42.1. The molecule has 11 nitrogen and oxygen atoms in total. The van der Waals surface area contributed by atoms with Gasteiger partial charge in [0, 0.05) is 7.11 Å². The fourth-order valence-corrected chi connectivity index (χ4v) is 4.84. The van der Waals surface area contributed by atoms with Crippen molar-refractivity contribution in [2.75, 3.05) is 34.5 Å². The summed E-state index contributed by atoms with van der Waals surface area (Å²) in [5.74, 6) is -0.869. The second kappa shape index (κ2) is 12.9. The largest absolute Gasteiger partial charge is 0.493 e. The number of rotatable bonds is 10. The van der Waals surface area contributed by atoms with Crippen molar-refractivity contribution in [1.82, 2.24) is 10.0 Å². The third-order valence-corrected chi connectivity index (χ3v) is 6.87. The fourth-order valence-electron chi connectivity index (χ4n) is 4.84. The summed E-state index contributed by atoms with van der Waals surface area (Å²) in [7, 11) is 4.05. The number of methoxy groups -OCH3 is 3. The van der Waals surface area contributed by atoms with Gasteiger partial charge in [-0.25, -0.2) is 14.0 Å². The number of fused-ring (bicyclic) bond motifs is 1. The van der Waals surface area contributed by atoms with E-state index in [0.29, 0.717) is 5.56 Å². The molecular weight excluding hydrogens is 563 g/mol. The molecule has 2 aromatic rings. The molecule has 0 saturated heterocycles. The zero-order chi connectivity index (χ0) is 31.5. The Morgan fingerprint density at radius 2 is 1.56 bits per heavy atom. The van der Waals surface area contributed by atoms with E-state index in [4.69, 9.17) is 28.4 Å². The number of carbonyl (C=O) groups excluding carboxylic acids is 3. The summed E-state index contributed by atoms with van der Waals surface area (Å²) in [6.07, 6.45) is 1.10. The molecular formula is C31H37FN2O9. The van der Waals surface area contributed by atoms with Gasteiger partial charge in [0.2, 0.25) is 17.3 Å². The van der Waals surface area contributed by atoms with Crippen LogP contribution in [0.25, 0.3) is 0 Å². The van der Waals surface area contributed by atoms with E-state index in [1.807, 2.05) is 27.7 Å². The lowest BCUT2D eigenvalue weighted by Gasteiger charge is -2.46. The number of nitrogens with zero attached hydrogens (tertiary/aromatic N) is 2. The van der Waals surface area contributed by atoms with Crippen LogP contribution in [0.15, 0.2) is 42.5 Å². The monoisotopic (exact) mass is 600 g/mol. The van der Waals surface area contributed by atoms with Crippen molar-refractivity contribution in [3.05, 3.63) is 65.0 Å². The van der Waals surface area contributed by atoms with Gasteiger partial charge in [-0.3, -0.25) is 4.79 Å². The Bertz CT molecular complexity index is 1390. The molecule has 232 valence electrons. The molecule has 2 heterocycles. The van der Waals surface area contributed by atoms with Crippen LogP contribution < -0.4 is 14.2 Å². The summed E-state index contributed by atoms with van der Waals surface area (Å²) in [6.45, 7) is 7.45. The third kappa shape index (κ3) is 5.96. The van der Waals surface area contributed by atoms with E-state index in [2.05, 4.69) is 0 Å². The predicted molar refractivity (Wildman–Crippen MR) is 152 cm³/mol. The summed E-state index contributed by atoms with van der Waals surface area (Å²) in [5, 5.41) is 1.88. The molecule has 0 radical (unpaired) electrons. The molecule has 2 bridgehead atoms. The van der Waals surface area contributed by atoms with Crippen LogP contribution in [0, 0.1) is 17.7 Å². The van der Waals surface area contributed by atoms with Gasteiger partial charge in [-0.1, -0.05) is 45.9 Å². The zero-order valence-electron chi connectivity index (χ0n) is 25.3. The highest BCUT2D eigenvalue weighted by Crippen LogP contribution is 2.52. The lowest BCUT2D eigenvalue weighted by atomic mass is 9.95. The van der Waals surface area contributed by atoms with E-state index in [1.54, 1.807) is 24.3 Å². The van der Waals surface area contributed by atoms with Crippen molar-refractivity contribution in [1.29, 1.82) is 0 Å². The lowest BCUT2D eigenvalue weighted by Crippen LogP contribution is -2.66. The van der Waals surface area contributed by atoms with Crippen molar-refractivity contribution in [2.45, 2.75) is 46.1 Å². The van der Waals surface area contributed by atoms with Crippen molar-refractivity contribution >= 4 is 18.0 Å². The number of carbonyl (C=O) groups is 3. The molecule has 2 amide bonds. The molecule has 0 aromatic heterocycles. The Balaban J connectivity index is 1.94. The Kier molecular flexibility index (Phi) is 9.49. The molecule has 12 heteroatoms. The molecule has 3 aliphatic rings. The predicted octanol–water partition coefficient (Wildman–Crippen LogP) is 5.68. The Hall–Kier alpha value is -4.32. The Morgan fingerprint density at radius 3 is 2.12 bits per heavy atom. The highest BCUT2D eigenvalue weighted by molar-refractivity contribution is 6.10. The second-order valence-electron chi connectivity index (χ2n) is 11.0. The van der Waals surface area contributed by atoms with Gasteiger partial charge < -0.3 is 28.4 Å². The van der Waals surface area contributed by atoms with Crippen LogP contribution >= 0.6 is 0 Å². The molecule has 0 spiro atoms. The lowest BCUT2D eigenvalue weighted by molar-refractivity contribution is -0.160. The second-order valence-corrected chi connectivity index (χ2v) is 11.0. The molecule has 43 heavy (non-hydrogen) atoms. The maximum atomic E-state index is 14.6. The molecule has 0 saturated carbocycles. The van der Waals surface area contributed by atoms with Crippen molar-refractivity contribution < 1.29 is 47.2 Å². The van der Waals surface area contributed by atoms with Gasteiger partial charge in [-0.05, 0) is 47.2 Å². The zero-order valence-corrected chi connectivity index (χ0v) is 25.3. The topological polar surface area (TPSA) is 113 Å². The minimum atomic E-state index is -2.15. The number of hydrogen-bond acceptors (Lipinski definition) is 9. The highest BCUT2D eigenvalue weighted by atomic mass is 19.1. The van der Waals surface area contributed by atoms with Gasteiger partial charge in [0.25, 0.3) is 0 Å². The first-order chi connectivity index (χ1) is 20.5. The van der Waals surface area contributed by atoms with Crippen LogP contribution in [0.2, 0.25) is 0 Å². The number of Topliss-reactive ketones (excluding diaryl/α,β-unsaturated/α-hetero) is 1. The molecule has 2 atom stereocenters. The van der Waals surface area contributed by atoms with E-state index in [1.165, 1.54) is 39.5 Å². The number of benzene rings is 2. The number of amides is 2. The van der Waals surface area contributed by atoms with Crippen LogP contribution in [0.1, 0.15) is 55.2 Å². The van der Waals surface area contributed by atoms with Gasteiger partial charge in [0.15, 0.2) is 11.5 Å². The van der Waals surface area contributed by atoms with Gasteiger partial charge in [-0.15, -0.1) is 0 Å². The average molecular weight is 601 g/mol. The first-order valence-electron chi connectivity index (χ1n) is 13.9.